The minimum absolute atomic E-state index is 0.0153. The number of nitrogens with one attached hydrogen (secondary N) is 3. The summed E-state index contributed by atoms with van der Waals surface area (Å²) in [5.41, 5.74) is 0.438. The van der Waals surface area contributed by atoms with Gasteiger partial charge in [-0.1, -0.05) is 24.3 Å². The van der Waals surface area contributed by atoms with Crippen molar-refractivity contribution in [2.24, 2.45) is 11.8 Å². The summed E-state index contributed by atoms with van der Waals surface area (Å²) in [6.45, 7) is 1.11. The lowest BCUT2D eigenvalue weighted by molar-refractivity contribution is -0.150. The molecule has 3 N–H and O–H groups in total. The second-order valence-electron chi connectivity index (χ2n) is 8.36. The summed E-state index contributed by atoms with van der Waals surface area (Å²) in [6, 6.07) is 3.80. The molecule has 1 unspecified atom stereocenters. The Kier molecular flexibility index (Phi) is 6.39. The highest BCUT2D eigenvalue weighted by atomic mass is 19.4. The van der Waals surface area contributed by atoms with Crippen molar-refractivity contribution in [2.45, 2.75) is 43.7 Å². The van der Waals surface area contributed by atoms with E-state index in [0.717, 1.165) is 12.5 Å². The molecule has 1 aromatic rings. The van der Waals surface area contributed by atoms with Crippen LogP contribution < -0.4 is 16.0 Å². The Hall–Kier alpha value is -2.32. The molecule has 1 fully saturated rings. The third-order valence-corrected chi connectivity index (χ3v) is 6.37. The summed E-state index contributed by atoms with van der Waals surface area (Å²) in [5.74, 6) is -0.00570. The van der Waals surface area contributed by atoms with E-state index in [9.17, 15) is 18.0 Å². The molecule has 8 heteroatoms. The monoisotopic (exact) mass is 435 g/mol. The first kappa shape index (κ1) is 21.9. The molecule has 0 aromatic heterocycles. The summed E-state index contributed by atoms with van der Waals surface area (Å²) >= 11 is 0. The van der Waals surface area contributed by atoms with Gasteiger partial charge in [0.05, 0.1) is 11.7 Å². The molecule has 0 radical (unpaired) electrons. The molecule has 3 aliphatic rings. The number of allylic oxidation sites excluding steroid dienone is 3. The number of alkyl halides is 3. The Morgan fingerprint density at radius 3 is 2.77 bits per heavy atom. The number of likely N-dealkylation sites (N-methyl/N-ethyl adjacent to an activating group) is 1. The Labute approximate surface area is 180 Å². The summed E-state index contributed by atoms with van der Waals surface area (Å²) in [5, 5.41) is 9.29. The van der Waals surface area contributed by atoms with Gasteiger partial charge in [0.1, 0.15) is 6.10 Å². The Morgan fingerprint density at radius 2 is 2.06 bits per heavy atom. The maximum atomic E-state index is 13.4. The van der Waals surface area contributed by atoms with Crippen LogP contribution in [0.15, 0.2) is 42.5 Å². The third-order valence-electron chi connectivity index (χ3n) is 6.37. The smallest absolute Gasteiger partial charge is 0.381 e. The van der Waals surface area contributed by atoms with Crippen LogP contribution in [0.1, 0.15) is 36.5 Å². The van der Waals surface area contributed by atoms with E-state index in [0.29, 0.717) is 37.2 Å². The SMILES string of the molecule is CNCCNC(=O)[C@@H]1CC[C@@H]2[C@H](O1)c1cc(C(F)(F)F)ccc1N[C@H]2C1C=CC=CC1. The first-order valence-electron chi connectivity index (χ1n) is 10.8. The molecule has 5 atom stereocenters. The Balaban J connectivity index is 1.63. The van der Waals surface area contributed by atoms with Crippen molar-refractivity contribution in [3.05, 3.63) is 53.6 Å². The van der Waals surface area contributed by atoms with Crippen molar-refractivity contribution >= 4 is 11.6 Å². The van der Waals surface area contributed by atoms with Gasteiger partial charge in [0, 0.05) is 42.2 Å². The molecule has 0 saturated carbocycles. The number of ether oxygens (including phenoxy) is 1. The number of carbonyl (C=O) groups is 1. The molecule has 1 saturated heterocycles. The number of anilines is 1. The van der Waals surface area contributed by atoms with Crippen LogP contribution in [0, 0.1) is 11.8 Å². The van der Waals surface area contributed by atoms with Crippen LogP contribution in [0.3, 0.4) is 0 Å². The quantitative estimate of drug-likeness (QED) is 0.616. The molecule has 0 spiro atoms. The van der Waals surface area contributed by atoms with Crippen LogP contribution >= 0.6 is 0 Å². The molecule has 1 aliphatic carbocycles. The van der Waals surface area contributed by atoms with Crippen LogP contribution in [0.5, 0.6) is 0 Å². The van der Waals surface area contributed by atoms with Crippen molar-refractivity contribution in [3.8, 4) is 0 Å². The second kappa shape index (κ2) is 9.04. The minimum atomic E-state index is -4.43. The number of benzene rings is 1. The zero-order valence-electron chi connectivity index (χ0n) is 17.4. The van der Waals surface area contributed by atoms with Gasteiger partial charge in [0.15, 0.2) is 0 Å². The van der Waals surface area contributed by atoms with Gasteiger partial charge >= 0.3 is 6.18 Å². The van der Waals surface area contributed by atoms with Gasteiger partial charge in [0.2, 0.25) is 5.91 Å². The van der Waals surface area contributed by atoms with Crippen molar-refractivity contribution in [1.82, 2.24) is 10.6 Å². The fourth-order valence-corrected chi connectivity index (χ4v) is 4.81. The van der Waals surface area contributed by atoms with Crippen molar-refractivity contribution in [2.75, 3.05) is 25.5 Å². The average molecular weight is 435 g/mol. The molecule has 0 bridgehead atoms. The maximum Gasteiger partial charge on any atom is 0.416 e. The van der Waals surface area contributed by atoms with E-state index in [-0.39, 0.29) is 23.8 Å². The van der Waals surface area contributed by atoms with Crippen LogP contribution in [0.25, 0.3) is 0 Å². The van der Waals surface area contributed by atoms with E-state index in [1.54, 1.807) is 7.05 Å². The van der Waals surface area contributed by atoms with E-state index in [2.05, 4.69) is 28.1 Å². The van der Waals surface area contributed by atoms with Gasteiger partial charge in [-0.05, 0) is 44.5 Å². The predicted molar refractivity (Wildman–Crippen MR) is 113 cm³/mol. The van der Waals surface area contributed by atoms with E-state index < -0.39 is 23.9 Å². The predicted octanol–water partition coefficient (Wildman–Crippen LogP) is 3.80. The number of fused-ring (bicyclic) bond motifs is 3. The zero-order valence-corrected chi connectivity index (χ0v) is 17.4. The minimum Gasteiger partial charge on any atom is -0.381 e. The molecule has 31 heavy (non-hydrogen) atoms. The number of hydrogen-bond donors (Lipinski definition) is 3. The normalized spacial score (nSPS) is 29.6. The number of carbonyl (C=O) groups excluding carboxylic acids is 1. The molecule has 1 aromatic carbocycles. The molecular formula is C23H28F3N3O2. The van der Waals surface area contributed by atoms with Gasteiger partial charge in [-0.3, -0.25) is 4.79 Å². The molecule has 168 valence electrons. The fraction of sp³-hybridized carbons (Fsp3) is 0.522. The summed E-state index contributed by atoms with van der Waals surface area (Å²) < 4.78 is 46.4. The largest absolute Gasteiger partial charge is 0.416 e. The van der Waals surface area contributed by atoms with Gasteiger partial charge in [-0.25, -0.2) is 0 Å². The molecule has 5 nitrogen and oxygen atoms in total. The number of amides is 1. The van der Waals surface area contributed by atoms with Crippen LogP contribution in [-0.2, 0) is 15.7 Å². The van der Waals surface area contributed by atoms with Crippen LogP contribution in [0.2, 0.25) is 0 Å². The van der Waals surface area contributed by atoms with Gasteiger partial charge in [-0.2, -0.15) is 13.2 Å². The standard InChI is InChI=1S/C23H28F3N3O2/c1-27-11-12-28-22(30)19-10-8-16-20(14-5-3-2-4-6-14)29-18-9-7-15(23(24,25)26)13-17(18)21(16)31-19/h2-5,7,9,13-14,16,19-21,27,29H,6,8,10-12H2,1H3,(H,28,30)/t14?,16-,19-,20-,21-/m0/s1. The highest BCUT2D eigenvalue weighted by Gasteiger charge is 2.46. The zero-order chi connectivity index (χ0) is 22.0. The van der Waals surface area contributed by atoms with E-state index in [1.807, 2.05) is 12.2 Å². The second-order valence-corrected chi connectivity index (χ2v) is 8.36. The molecular weight excluding hydrogens is 407 g/mol. The lowest BCUT2D eigenvalue weighted by atomic mass is 9.73. The maximum absolute atomic E-state index is 13.4. The fourth-order valence-electron chi connectivity index (χ4n) is 4.81. The van der Waals surface area contributed by atoms with E-state index in [1.165, 1.54) is 12.1 Å². The first-order valence-corrected chi connectivity index (χ1v) is 10.8. The van der Waals surface area contributed by atoms with Crippen molar-refractivity contribution < 1.29 is 22.7 Å². The van der Waals surface area contributed by atoms with Gasteiger partial charge < -0.3 is 20.7 Å². The lowest BCUT2D eigenvalue weighted by Crippen LogP contribution is -2.50. The third kappa shape index (κ3) is 4.65. The van der Waals surface area contributed by atoms with Gasteiger partial charge in [-0.15, -0.1) is 0 Å². The van der Waals surface area contributed by atoms with Crippen LogP contribution in [0.4, 0.5) is 18.9 Å². The highest BCUT2D eigenvalue weighted by molar-refractivity contribution is 5.81. The van der Waals surface area contributed by atoms with Gasteiger partial charge in [0.25, 0.3) is 0 Å². The molecule has 2 aliphatic heterocycles. The highest BCUT2D eigenvalue weighted by Crippen LogP contribution is 2.49. The average Bonchev–Trinajstić information content (AvgIpc) is 2.78. The molecule has 2 heterocycles. The van der Waals surface area contributed by atoms with E-state index >= 15 is 0 Å². The van der Waals surface area contributed by atoms with Crippen LogP contribution in [-0.4, -0.2) is 38.2 Å². The van der Waals surface area contributed by atoms with E-state index in [4.69, 9.17) is 4.74 Å². The first-order chi connectivity index (χ1) is 14.9. The molecule has 1 amide bonds. The summed E-state index contributed by atoms with van der Waals surface area (Å²) in [6.07, 6.45) is 4.71. The number of hydrogen-bond acceptors (Lipinski definition) is 4. The topological polar surface area (TPSA) is 62.4 Å². The molecule has 4 rings (SSSR count). The summed E-state index contributed by atoms with van der Waals surface area (Å²) in [4.78, 5) is 12.6. The summed E-state index contributed by atoms with van der Waals surface area (Å²) in [7, 11) is 1.80. The number of halogens is 3. The Bertz CT molecular complexity index is 868. The Morgan fingerprint density at radius 1 is 1.23 bits per heavy atom. The van der Waals surface area contributed by atoms with Crippen molar-refractivity contribution in [1.29, 1.82) is 0 Å². The lowest BCUT2D eigenvalue weighted by Gasteiger charge is -2.47. The number of rotatable bonds is 5. The van der Waals surface area contributed by atoms with Crippen molar-refractivity contribution in [3.63, 3.8) is 0 Å².